The van der Waals surface area contributed by atoms with Crippen molar-refractivity contribution in [1.29, 1.82) is 0 Å². The highest BCUT2D eigenvalue weighted by Gasteiger charge is 2.40. The van der Waals surface area contributed by atoms with Crippen molar-refractivity contribution in [3.05, 3.63) is 0 Å². The number of hydrogen-bond donors (Lipinski definition) is 1. The first-order chi connectivity index (χ1) is 8.36. The lowest BCUT2D eigenvalue weighted by Gasteiger charge is -2.39. The summed E-state index contributed by atoms with van der Waals surface area (Å²) in [5.74, 6) is 0. The number of nitrogens with two attached hydrogens (primary N) is 1. The Morgan fingerprint density at radius 2 is 1.89 bits per heavy atom. The third kappa shape index (κ3) is 3.44. The van der Waals surface area contributed by atoms with Gasteiger partial charge in [0.1, 0.15) is 0 Å². The van der Waals surface area contributed by atoms with Crippen LogP contribution in [0.15, 0.2) is 0 Å². The molecule has 1 heterocycles. The lowest BCUT2D eigenvalue weighted by atomic mass is 10.1. The van der Waals surface area contributed by atoms with E-state index >= 15 is 0 Å². The molecular formula is C12H26N2O3S. The molecule has 0 aromatic carbocycles. The van der Waals surface area contributed by atoms with Gasteiger partial charge in [0, 0.05) is 31.8 Å². The average Bonchev–Trinajstić information content (AvgIpc) is 2.36. The van der Waals surface area contributed by atoms with Crippen LogP contribution in [-0.2, 0) is 14.8 Å². The molecule has 0 atom stereocenters. The third-order valence-corrected chi connectivity index (χ3v) is 6.10. The molecule has 0 unspecified atom stereocenters. The van der Waals surface area contributed by atoms with Gasteiger partial charge in [0.05, 0.1) is 5.25 Å². The summed E-state index contributed by atoms with van der Waals surface area (Å²) < 4.78 is 32.2. The van der Waals surface area contributed by atoms with Crippen LogP contribution in [0, 0.1) is 0 Å². The van der Waals surface area contributed by atoms with E-state index in [1.165, 1.54) is 0 Å². The Labute approximate surface area is 111 Å². The van der Waals surface area contributed by atoms with Crippen LogP contribution < -0.4 is 5.73 Å². The summed E-state index contributed by atoms with van der Waals surface area (Å²) in [5.41, 5.74) is 5.21. The maximum absolute atomic E-state index is 12.7. The summed E-state index contributed by atoms with van der Waals surface area (Å²) in [6, 6.07) is 0. The van der Waals surface area contributed by atoms with Crippen molar-refractivity contribution in [1.82, 2.24) is 4.31 Å². The number of hydrogen-bond acceptors (Lipinski definition) is 4. The van der Waals surface area contributed by atoms with Gasteiger partial charge in [-0.25, -0.2) is 8.42 Å². The highest BCUT2D eigenvalue weighted by molar-refractivity contribution is 7.89. The van der Waals surface area contributed by atoms with Crippen LogP contribution in [0.4, 0.5) is 0 Å². The van der Waals surface area contributed by atoms with Gasteiger partial charge in [-0.1, -0.05) is 6.92 Å². The zero-order valence-electron chi connectivity index (χ0n) is 11.7. The van der Waals surface area contributed by atoms with E-state index in [2.05, 4.69) is 0 Å². The Morgan fingerprint density at radius 1 is 1.33 bits per heavy atom. The number of ether oxygens (including phenoxy) is 1. The second-order valence-electron chi connectivity index (χ2n) is 5.45. The molecule has 0 aromatic heterocycles. The Hall–Kier alpha value is -0.170. The molecule has 1 rings (SSSR count). The van der Waals surface area contributed by atoms with Crippen molar-refractivity contribution in [2.75, 3.05) is 26.3 Å². The van der Waals surface area contributed by atoms with E-state index in [1.807, 2.05) is 20.8 Å². The first-order valence-corrected chi connectivity index (χ1v) is 8.16. The molecule has 6 heteroatoms. The fourth-order valence-corrected chi connectivity index (χ4v) is 4.58. The van der Waals surface area contributed by atoms with E-state index in [0.717, 1.165) is 6.42 Å². The van der Waals surface area contributed by atoms with Gasteiger partial charge >= 0.3 is 0 Å². The SMILES string of the molecule is CCCN(C(C)(C)CN)S(=O)(=O)C1CCOCC1. The van der Waals surface area contributed by atoms with Crippen LogP contribution in [0.5, 0.6) is 0 Å². The molecule has 1 aliphatic heterocycles. The monoisotopic (exact) mass is 278 g/mol. The van der Waals surface area contributed by atoms with Gasteiger partial charge in [0.2, 0.25) is 10.0 Å². The molecule has 0 bridgehead atoms. The van der Waals surface area contributed by atoms with E-state index < -0.39 is 15.6 Å². The molecule has 2 N–H and O–H groups in total. The van der Waals surface area contributed by atoms with E-state index in [1.54, 1.807) is 4.31 Å². The molecule has 1 fully saturated rings. The van der Waals surface area contributed by atoms with Crippen molar-refractivity contribution < 1.29 is 13.2 Å². The summed E-state index contributed by atoms with van der Waals surface area (Å²) in [6.07, 6.45) is 1.97. The van der Waals surface area contributed by atoms with E-state index in [9.17, 15) is 8.42 Å². The minimum Gasteiger partial charge on any atom is -0.381 e. The van der Waals surface area contributed by atoms with Crippen molar-refractivity contribution >= 4 is 10.0 Å². The Kier molecular flexibility index (Phi) is 5.58. The molecule has 0 amide bonds. The minimum atomic E-state index is -3.28. The second-order valence-corrected chi connectivity index (χ2v) is 7.58. The molecule has 0 aromatic rings. The largest absolute Gasteiger partial charge is 0.381 e. The summed E-state index contributed by atoms with van der Waals surface area (Å²) in [5, 5.41) is -0.316. The summed E-state index contributed by atoms with van der Waals surface area (Å²) in [7, 11) is -3.28. The maximum atomic E-state index is 12.7. The zero-order chi connectivity index (χ0) is 13.8. The summed E-state index contributed by atoms with van der Waals surface area (Å²) >= 11 is 0. The van der Waals surface area contributed by atoms with Gasteiger partial charge in [-0.05, 0) is 33.1 Å². The van der Waals surface area contributed by atoms with Crippen LogP contribution in [-0.4, -0.2) is 49.8 Å². The fourth-order valence-electron chi connectivity index (χ4n) is 2.23. The van der Waals surface area contributed by atoms with Crippen LogP contribution in [0.3, 0.4) is 0 Å². The first kappa shape index (κ1) is 15.9. The number of rotatable bonds is 6. The van der Waals surface area contributed by atoms with Crippen LogP contribution >= 0.6 is 0 Å². The standard InChI is InChI=1S/C12H26N2O3S/c1-4-7-14(12(2,3)10-13)18(15,16)11-5-8-17-9-6-11/h11H,4-10,13H2,1-3H3. The van der Waals surface area contributed by atoms with E-state index in [4.69, 9.17) is 10.5 Å². The molecule has 0 spiro atoms. The minimum absolute atomic E-state index is 0.316. The smallest absolute Gasteiger partial charge is 0.217 e. The van der Waals surface area contributed by atoms with Gasteiger partial charge in [0.15, 0.2) is 0 Å². The molecule has 1 saturated heterocycles. The Morgan fingerprint density at radius 3 is 2.33 bits per heavy atom. The molecule has 108 valence electrons. The van der Waals surface area contributed by atoms with Crippen LogP contribution in [0.1, 0.15) is 40.0 Å². The number of sulfonamides is 1. The van der Waals surface area contributed by atoms with Crippen molar-refractivity contribution in [3.8, 4) is 0 Å². The molecule has 0 radical (unpaired) electrons. The Bertz CT molecular complexity index is 348. The molecule has 5 nitrogen and oxygen atoms in total. The maximum Gasteiger partial charge on any atom is 0.217 e. The van der Waals surface area contributed by atoms with E-state index in [0.29, 0.717) is 39.1 Å². The topological polar surface area (TPSA) is 72.6 Å². The highest BCUT2D eigenvalue weighted by Crippen LogP contribution is 2.26. The molecule has 0 aliphatic carbocycles. The first-order valence-electron chi connectivity index (χ1n) is 6.65. The molecule has 18 heavy (non-hydrogen) atoms. The normalized spacial score (nSPS) is 19.4. The predicted molar refractivity (Wildman–Crippen MR) is 72.9 cm³/mol. The fraction of sp³-hybridized carbons (Fsp3) is 1.00. The van der Waals surface area contributed by atoms with Gasteiger partial charge in [-0.3, -0.25) is 0 Å². The van der Waals surface area contributed by atoms with Crippen molar-refractivity contribution in [3.63, 3.8) is 0 Å². The second kappa shape index (κ2) is 6.32. The summed E-state index contributed by atoms with van der Waals surface area (Å²) in [4.78, 5) is 0. The molecule has 1 aliphatic rings. The van der Waals surface area contributed by atoms with Crippen molar-refractivity contribution in [2.24, 2.45) is 5.73 Å². The molecular weight excluding hydrogens is 252 g/mol. The van der Waals surface area contributed by atoms with Gasteiger partial charge in [0.25, 0.3) is 0 Å². The summed E-state index contributed by atoms with van der Waals surface area (Å²) in [6.45, 7) is 7.69. The third-order valence-electron chi connectivity index (χ3n) is 3.50. The Balaban J connectivity index is 2.95. The highest BCUT2D eigenvalue weighted by atomic mass is 32.2. The van der Waals surface area contributed by atoms with Gasteiger partial charge in [-0.15, -0.1) is 0 Å². The molecule has 0 saturated carbocycles. The lowest BCUT2D eigenvalue weighted by Crippen LogP contribution is -2.55. The average molecular weight is 278 g/mol. The van der Waals surface area contributed by atoms with Gasteiger partial charge < -0.3 is 10.5 Å². The predicted octanol–water partition coefficient (Wildman–Crippen LogP) is 0.945. The van der Waals surface area contributed by atoms with Crippen LogP contribution in [0.2, 0.25) is 0 Å². The van der Waals surface area contributed by atoms with Gasteiger partial charge in [-0.2, -0.15) is 4.31 Å². The quantitative estimate of drug-likeness (QED) is 0.785. The van der Waals surface area contributed by atoms with Crippen molar-refractivity contribution in [2.45, 2.75) is 50.8 Å². The van der Waals surface area contributed by atoms with Crippen LogP contribution in [0.25, 0.3) is 0 Å². The zero-order valence-corrected chi connectivity index (χ0v) is 12.5. The number of nitrogens with zero attached hydrogens (tertiary/aromatic N) is 1. The lowest BCUT2D eigenvalue weighted by molar-refractivity contribution is 0.0958. The van der Waals surface area contributed by atoms with E-state index in [-0.39, 0.29) is 5.25 Å².